The van der Waals surface area contributed by atoms with Crippen LogP contribution in [0.2, 0.25) is 0 Å². The molecular formula is C13H16O2. The molecule has 0 saturated carbocycles. The molecule has 1 aromatic rings. The molecule has 15 heavy (non-hydrogen) atoms. The van der Waals surface area contributed by atoms with E-state index in [-0.39, 0.29) is 18.0 Å². The van der Waals surface area contributed by atoms with E-state index in [1.54, 1.807) is 0 Å². The summed E-state index contributed by atoms with van der Waals surface area (Å²) in [4.78, 5) is 11.9. The first-order chi connectivity index (χ1) is 7.33. The molecule has 1 fully saturated rings. The quantitative estimate of drug-likeness (QED) is 0.545. The number of carbonyl (C=O) groups excluding carboxylic acids is 1. The van der Waals surface area contributed by atoms with Crippen molar-refractivity contribution in [3.05, 3.63) is 35.9 Å². The second-order valence-electron chi connectivity index (χ2n) is 3.97. The summed E-state index contributed by atoms with van der Waals surface area (Å²) in [6.45, 7) is 2.15. The average Bonchev–Trinajstić information content (AvgIpc) is 3.06. The number of ketones is 1. The van der Waals surface area contributed by atoms with Crippen LogP contribution in [-0.4, -0.2) is 18.0 Å². The van der Waals surface area contributed by atoms with Gasteiger partial charge in [0.25, 0.3) is 0 Å². The van der Waals surface area contributed by atoms with Gasteiger partial charge < -0.3 is 4.74 Å². The Balaban J connectivity index is 1.89. The number of ether oxygens (including phenoxy) is 1. The van der Waals surface area contributed by atoms with Gasteiger partial charge in [0.1, 0.15) is 6.10 Å². The summed E-state index contributed by atoms with van der Waals surface area (Å²) >= 11 is 0. The fourth-order valence-corrected chi connectivity index (χ4v) is 1.76. The maximum Gasteiger partial charge on any atom is 0.194 e. The van der Waals surface area contributed by atoms with Crippen LogP contribution in [0.1, 0.15) is 36.5 Å². The van der Waals surface area contributed by atoms with E-state index in [0.717, 1.165) is 24.8 Å². The third-order valence-electron chi connectivity index (χ3n) is 2.74. The lowest BCUT2D eigenvalue weighted by molar-refractivity contribution is 0.0953. The molecule has 0 bridgehead atoms. The lowest BCUT2D eigenvalue weighted by atomic mass is 10.0. The molecule has 2 rings (SSSR count). The Labute approximate surface area is 90.3 Å². The third kappa shape index (κ3) is 2.45. The summed E-state index contributed by atoms with van der Waals surface area (Å²) in [5, 5.41) is 0. The Kier molecular flexibility index (Phi) is 3.17. The SMILES string of the molecule is CCCCC1OC1C(=O)c1ccccc1. The van der Waals surface area contributed by atoms with E-state index < -0.39 is 0 Å². The molecular weight excluding hydrogens is 188 g/mol. The maximum absolute atomic E-state index is 11.9. The molecule has 2 heteroatoms. The summed E-state index contributed by atoms with van der Waals surface area (Å²) in [6.07, 6.45) is 3.33. The molecule has 2 nitrogen and oxygen atoms in total. The molecule has 0 N–H and O–H groups in total. The van der Waals surface area contributed by atoms with Crippen molar-refractivity contribution >= 4 is 5.78 Å². The van der Waals surface area contributed by atoms with Crippen molar-refractivity contribution in [2.75, 3.05) is 0 Å². The van der Waals surface area contributed by atoms with Crippen molar-refractivity contribution in [2.45, 2.75) is 38.4 Å². The maximum atomic E-state index is 11.9. The van der Waals surface area contributed by atoms with E-state index in [2.05, 4.69) is 6.92 Å². The number of benzene rings is 1. The van der Waals surface area contributed by atoms with Gasteiger partial charge in [-0.05, 0) is 6.42 Å². The Morgan fingerprint density at radius 1 is 1.33 bits per heavy atom. The monoisotopic (exact) mass is 204 g/mol. The van der Waals surface area contributed by atoms with E-state index in [4.69, 9.17) is 4.74 Å². The number of unbranched alkanes of at least 4 members (excludes halogenated alkanes) is 1. The third-order valence-corrected chi connectivity index (χ3v) is 2.74. The van der Waals surface area contributed by atoms with Crippen LogP contribution in [0.3, 0.4) is 0 Å². The number of hydrogen-bond donors (Lipinski definition) is 0. The summed E-state index contributed by atoms with van der Waals surface area (Å²) < 4.78 is 5.39. The van der Waals surface area contributed by atoms with Gasteiger partial charge in [-0.1, -0.05) is 50.1 Å². The van der Waals surface area contributed by atoms with Crippen molar-refractivity contribution in [3.63, 3.8) is 0 Å². The number of epoxide rings is 1. The van der Waals surface area contributed by atoms with Crippen molar-refractivity contribution in [3.8, 4) is 0 Å². The second-order valence-corrected chi connectivity index (χ2v) is 3.97. The molecule has 1 saturated heterocycles. The fraction of sp³-hybridized carbons (Fsp3) is 0.462. The van der Waals surface area contributed by atoms with Gasteiger partial charge in [-0.15, -0.1) is 0 Å². The van der Waals surface area contributed by atoms with E-state index in [9.17, 15) is 4.79 Å². The van der Waals surface area contributed by atoms with Crippen LogP contribution >= 0.6 is 0 Å². The van der Waals surface area contributed by atoms with Crippen molar-refractivity contribution in [1.29, 1.82) is 0 Å². The van der Waals surface area contributed by atoms with Crippen LogP contribution in [-0.2, 0) is 4.74 Å². The number of carbonyl (C=O) groups is 1. The van der Waals surface area contributed by atoms with Gasteiger partial charge in [-0.2, -0.15) is 0 Å². The minimum Gasteiger partial charge on any atom is -0.361 e. The molecule has 1 aromatic carbocycles. The van der Waals surface area contributed by atoms with Crippen LogP contribution < -0.4 is 0 Å². The number of hydrogen-bond acceptors (Lipinski definition) is 2. The van der Waals surface area contributed by atoms with Gasteiger partial charge in [-0.25, -0.2) is 0 Å². The summed E-state index contributed by atoms with van der Waals surface area (Å²) in [5.74, 6) is 0.136. The predicted octanol–water partition coefficient (Wildman–Crippen LogP) is 2.83. The Morgan fingerprint density at radius 3 is 2.73 bits per heavy atom. The van der Waals surface area contributed by atoms with E-state index in [1.165, 1.54) is 0 Å². The highest BCUT2D eigenvalue weighted by Gasteiger charge is 2.44. The summed E-state index contributed by atoms with van der Waals surface area (Å²) in [5.41, 5.74) is 0.765. The van der Waals surface area contributed by atoms with Gasteiger partial charge in [-0.3, -0.25) is 4.79 Å². The smallest absolute Gasteiger partial charge is 0.194 e. The number of rotatable bonds is 5. The molecule has 0 spiro atoms. The molecule has 1 aliphatic heterocycles. The van der Waals surface area contributed by atoms with Crippen LogP contribution in [0.25, 0.3) is 0 Å². The topological polar surface area (TPSA) is 29.6 Å². The van der Waals surface area contributed by atoms with Gasteiger partial charge in [0.15, 0.2) is 5.78 Å². The Morgan fingerprint density at radius 2 is 2.07 bits per heavy atom. The van der Waals surface area contributed by atoms with Gasteiger partial charge >= 0.3 is 0 Å². The molecule has 0 aliphatic carbocycles. The summed E-state index contributed by atoms with van der Waals surface area (Å²) in [7, 11) is 0. The molecule has 1 aliphatic rings. The summed E-state index contributed by atoms with van der Waals surface area (Å²) in [6, 6.07) is 9.38. The zero-order chi connectivity index (χ0) is 10.7. The minimum atomic E-state index is -0.168. The Hall–Kier alpha value is -1.15. The van der Waals surface area contributed by atoms with Crippen LogP contribution in [0.4, 0.5) is 0 Å². The van der Waals surface area contributed by atoms with E-state index >= 15 is 0 Å². The van der Waals surface area contributed by atoms with E-state index in [1.807, 2.05) is 30.3 Å². The molecule has 1 heterocycles. The molecule has 2 atom stereocenters. The highest BCUT2D eigenvalue weighted by Crippen LogP contribution is 2.30. The van der Waals surface area contributed by atoms with Crippen LogP contribution in [0.15, 0.2) is 30.3 Å². The molecule has 0 aromatic heterocycles. The number of Topliss-reactive ketones (excluding diaryl/α,β-unsaturated/α-hetero) is 1. The first-order valence-corrected chi connectivity index (χ1v) is 5.57. The van der Waals surface area contributed by atoms with E-state index in [0.29, 0.717) is 0 Å². The first kappa shape index (κ1) is 10.4. The van der Waals surface area contributed by atoms with Gasteiger partial charge in [0.05, 0.1) is 6.10 Å². The lowest BCUT2D eigenvalue weighted by Crippen LogP contribution is -2.10. The van der Waals surface area contributed by atoms with Crippen molar-refractivity contribution in [2.24, 2.45) is 0 Å². The Bertz CT molecular complexity index is 332. The molecule has 0 amide bonds. The highest BCUT2D eigenvalue weighted by atomic mass is 16.6. The van der Waals surface area contributed by atoms with Gasteiger partial charge in [0, 0.05) is 5.56 Å². The standard InChI is InChI=1S/C13H16O2/c1-2-3-9-11-13(15-11)12(14)10-7-5-4-6-8-10/h4-8,11,13H,2-3,9H2,1H3. The van der Waals surface area contributed by atoms with Crippen LogP contribution in [0.5, 0.6) is 0 Å². The largest absolute Gasteiger partial charge is 0.361 e. The normalized spacial score (nSPS) is 23.8. The fourth-order valence-electron chi connectivity index (χ4n) is 1.76. The molecule has 0 radical (unpaired) electrons. The second kappa shape index (κ2) is 4.58. The van der Waals surface area contributed by atoms with Crippen molar-refractivity contribution < 1.29 is 9.53 Å². The predicted molar refractivity (Wildman–Crippen MR) is 59.0 cm³/mol. The van der Waals surface area contributed by atoms with Crippen LogP contribution in [0, 0.1) is 0 Å². The van der Waals surface area contributed by atoms with Crippen molar-refractivity contribution in [1.82, 2.24) is 0 Å². The van der Waals surface area contributed by atoms with Gasteiger partial charge in [0.2, 0.25) is 0 Å². The lowest BCUT2D eigenvalue weighted by Gasteiger charge is -1.96. The first-order valence-electron chi connectivity index (χ1n) is 5.57. The zero-order valence-electron chi connectivity index (χ0n) is 8.98. The molecule has 80 valence electrons. The molecule has 2 unspecified atom stereocenters. The highest BCUT2D eigenvalue weighted by molar-refractivity contribution is 6.01. The minimum absolute atomic E-state index is 0.136. The zero-order valence-corrected chi connectivity index (χ0v) is 8.98. The average molecular weight is 204 g/mol.